The van der Waals surface area contributed by atoms with Gasteiger partial charge in [-0.15, -0.1) is 0 Å². The predicted octanol–water partition coefficient (Wildman–Crippen LogP) is 6.48. The average molecular weight is 1140 g/mol. The van der Waals surface area contributed by atoms with Gasteiger partial charge in [-0.25, -0.2) is 35.6 Å². The molecule has 0 aliphatic carbocycles. The van der Waals surface area contributed by atoms with Crippen molar-refractivity contribution < 1.29 is 89.5 Å². The Balaban J connectivity index is 0.000000190. The minimum absolute atomic E-state index is 0.0343. The Bertz CT molecular complexity index is 3190. The number of fused-ring (bicyclic) bond motifs is 2. The van der Waals surface area contributed by atoms with Gasteiger partial charge >= 0.3 is 12.4 Å². The van der Waals surface area contributed by atoms with E-state index in [0.29, 0.717) is 0 Å². The molecule has 0 N–H and O–H groups in total. The first-order chi connectivity index (χ1) is 36.9. The Kier molecular flexibility index (Phi) is 15.7. The van der Waals surface area contributed by atoms with E-state index in [1.54, 1.807) is 0 Å². The predicted molar refractivity (Wildman–Crippen MR) is 255 cm³/mol. The molecule has 0 spiro atoms. The van der Waals surface area contributed by atoms with Crippen LogP contribution in [0.25, 0.3) is 22.5 Å². The van der Waals surface area contributed by atoms with Crippen LogP contribution in [0.2, 0.25) is 0 Å². The van der Waals surface area contributed by atoms with Crippen LogP contribution in [0.4, 0.5) is 46.5 Å². The number of hydrogen-bond donors (Lipinski definition) is 0. The van der Waals surface area contributed by atoms with E-state index in [1.165, 1.54) is 69.4 Å². The quantitative estimate of drug-likeness (QED) is 0.119. The van der Waals surface area contributed by atoms with Crippen LogP contribution in [0.5, 0.6) is 11.8 Å². The monoisotopic (exact) mass is 1140 g/mol. The molecule has 2 amide bonds. The number of pyridine rings is 2. The maximum absolute atomic E-state index is 15.3. The molecule has 0 radical (unpaired) electrons. The third-order valence-electron chi connectivity index (χ3n) is 13.1. The van der Waals surface area contributed by atoms with Gasteiger partial charge in [-0.2, -0.15) is 35.0 Å². The number of piperidine rings is 2. The Morgan fingerprint density at radius 3 is 1.35 bits per heavy atom. The van der Waals surface area contributed by atoms with Gasteiger partial charge in [0.05, 0.1) is 61.0 Å². The van der Waals surface area contributed by atoms with Crippen molar-refractivity contribution in [2.75, 3.05) is 63.4 Å². The third-order valence-corrected chi connectivity index (χ3v) is 16.7. The number of morpholine rings is 2. The molecule has 0 saturated carbocycles. The maximum Gasteiger partial charge on any atom is 0.416 e. The summed E-state index contributed by atoms with van der Waals surface area (Å²) in [4.78, 5) is 36.6. The molecule has 2 aromatic carbocycles. The molecule has 8 heterocycles. The van der Waals surface area contributed by atoms with Gasteiger partial charge in [0, 0.05) is 61.6 Å². The number of ether oxygens (including phenoxy) is 4. The van der Waals surface area contributed by atoms with Crippen LogP contribution >= 0.6 is 0 Å². The van der Waals surface area contributed by atoms with Gasteiger partial charge < -0.3 is 28.0 Å². The molecular weight excluding hydrogens is 1100 g/mol. The van der Waals surface area contributed by atoms with Crippen LogP contribution in [0.3, 0.4) is 0 Å². The lowest BCUT2D eigenvalue weighted by Gasteiger charge is -2.46. The molecule has 6 aromatic rings. The van der Waals surface area contributed by atoms with E-state index in [1.807, 2.05) is 0 Å². The highest BCUT2D eigenvalue weighted by atomic mass is 32.2. The summed E-state index contributed by atoms with van der Waals surface area (Å²) in [7, 11) is -5.07. The van der Waals surface area contributed by atoms with Crippen LogP contribution in [-0.4, -0.2) is 135 Å². The molecule has 0 unspecified atom stereocenters. The zero-order valence-electron chi connectivity index (χ0n) is 40.8. The number of sulfonamides is 2. The molecule has 4 saturated heterocycles. The summed E-state index contributed by atoms with van der Waals surface area (Å²) in [6.07, 6.45) is -7.89. The summed E-state index contributed by atoms with van der Waals surface area (Å²) in [5, 5.41) is 7.27. The van der Waals surface area contributed by atoms with Crippen LogP contribution < -0.4 is 19.3 Å². The van der Waals surface area contributed by atoms with E-state index < -0.39 is 104 Å². The molecule has 4 aliphatic rings. The fourth-order valence-electron chi connectivity index (χ4n) is 9.51. The minimum Gasteiger partial charge on any atom is -0.479 e. The zero-order chi connectivity index (χ0) is 55.9. The summed E-state index contributed by atoms with van der Waals surface area (Å²) < 4.78 is 195. The first-order valence-electron chi connectivity index (χ1n) is 23.4. The summed E-state index contributed by atoms with van der Waals surface area (Å²) in [6, 6.07) is 11.6. The number of amides is 2. The molecule has 78 heavy (non-hydrogen) atoms. The molecule has 4 aromatic heterocycles. The van der Waals surface area contributed by atoms with Crippen molar-refractivity contribution in [2.45, 2.75) is 61.0 Å². The summed E-state index contributed by atoms with van der Waals surface area (Å²) >= 11 is 0. The molecule has 10 rings (SSSR count). The second-order valence-corrected chi connectivity index (χ2v) is 21.9. The smallest absolute Gasteiger partial charge is 0.416 e. The van der Waals surface area contributed by atoms with E-state index in [9.17, 15) is 52.8 Å². The number of rotatable bonds is 12. The maximum atomic E-state index is 15.3. The highest BCUT2D eigenvalue weighted by molar-refractivity contribution is 7.88. The van der Waals surface area contributed by atoms with E-state index in [0.717, 1.165) is 48.5 Å². The highest BCUT2D eigenvalue weighted by Gasteiger charge is 2.47. The van der Waals surface area contributed by atoms with Gasteiger partial charge in [0.2, 0.25) is 31.8 Å². The number of alkyl halides is 6. The van der Waals surface area contributed by atoms with Gasteiger partial charge in [-0.3, -0.25) is 19.4 Å². The van der Waals surface area contributed by atoms with Crippen molar-refractivity contribution in [3.8, 4) is 34.3 Å². The normalized spacial score (nSPS) is 20.6. The molecule has 416 valence electrons. The molecular formula is C48H44F8N8O12S2. The average Bonchev–Trinajstić information content (AvgIpc) is 4.17. The van der Waals surface area contributed by atoms with Gasteiger partial charge in [-0.1, -0.05) is 34.6 Å². The van der Waals surface area contributed by atoms with Crippen molar-refractivity contribution >= 4 is 43.2 Å². The van der Waals surface area contributed by atoms with Crippen LogP contribution in [0, 0.1) is 11.6 Å². The number of carbonyl (C=O) groups is 2. The zero-order valence-corrected chi connectivity index (χ0v) is 42.4. The fourth-order valence-corrected chi connectivity index (χ4v) is 12.4. The molecule has 0 bridgehead atoms. The Morgan fingerprint density at radius 1 is 0.603 bits per heavy atom. The van der Waals surface area contributed by atoms with Crippen molar-refractivity contribution in [1.29, 1.82) is 0 Å². The van der Waals surface area contributed by atoms with Gasteiger partial charge in [-0.05, 0) is 37.1 Å². The van der Waals surface area contributed by atoms with E-state index in [2.05, 4.69) is 20.3 Å². The standard InChI is InChI=1S/2C24H22F4N4O6S/c2*1-36-23-19(10-17(25)22(29-23)14-3-2-4-15(9-14)24(26,27)28)32-18-5-7-31(11-20(18)37-12-21(32)33)39(34,35)13-16-6-8-38-30-16/h2*2-4,6,8-10,18,20H,5,7,11-13H2,1H3/t2*18-,20-/m10/s1. The summed E-state index contributed by atoms with van der Waals surface area (Å²) in [5.41, 5.74) is -2.54. The number of halogens is 8. The lowest BCUT2D eigenvalue weighted by molar-refractivity contribution is -0.138. The Labute approximate surface area is 438 Å². The summed E-state index contributed by atoms with van der Waals surface area (Å²) in [6.45, 7) is -0.828. The summed E-state index contributed by atoms with van der Waals surface area (Å²) in [5.74, 6) is -4.09. The number of anilines is 2. The van der Waals surface area contributed by atoms with Gasteiger partial charge in [0.25, 0.3) is 11.8 Å². The lowest BCUT2D eigenvalue weighted by Crippen LogP contribution is -2.62. The SMILES string of the molecule is COc1nc(-c2cccc(C(F)(F)F)c2)c(F)cc1N1C(=O)CO[C@@H]2CN(S(=O)(=O)Cc3ccon3)CC[C@H]21.COc1nc(-c2cccc(C(F)(F)F)c2)c(F)cc1N1C(=O)CO[C@H]2CN(S(=O)(=O)Cc3ccon3)CC[C@@H]21. The molecule has 20 nitrogen and oxygen atoms in total. The van der Waals surface area contributed by atoms with E-state index >= 15 is 8.78 Å². The molecule has 4 aliphatic heterocycles. The first kappa shape index (κ1) is 55.6. The minimum atomic E-state index is -4.64. The van der Waals surface area contributed by atoms with Crippen LogP contribution in [-0.2, 0) is 63.0 Å². The van der Waals surface area contributed by atoms with Crippen molar-refractivity contribution in [1.82, 2.24) is 28.9 Å². The largest absolute Gasteiger partial charge is 0.479 e. The number of nitrogens with zero attached hydrogens (tertiary/aromatic N) is 8. The van der Waals surface area contributed by atoms with E-state index in [4.69, 9.17) is 28.0 Å². The van der Waals surface area contributed by atoms with Gasteiger partial charge in [0.15, 0.2) is 11.6 Å². The number of carbonyl (C=O) groups excluding carboxylic acids is 2. The number of aromatic nitrogens is 4. The highest BCUT2D eigenvalue weighted by Crippen LogP contribution is 2.41. The third kappa shape index (κ3) is 11.7. The second kappa shape index (κ2) is 22.0. The lowest BCUT2D eigenvalue weighted by atomic mass is 9.98. The van der Waals surface area contributed by atoms with Crippen LogP contribution in [0.1, 0.15) is 35.4 Å². The number of hydrogen-bond acceptors (Lipinski definition) is 16. The first-order valence-corrected chi connectivity index (χ1v) is 26.6. The number of benzene rings is 2. The Morgan fingerprint density at radius 2 is 1.00 bits per heavy atom. The second-order valence-electron chi connectivity index (χ2n) is 18.0. The molecule has 30 heteroatoms. The molecule has 4 atom stereocenters. The fraction of sp³-hybridized carbons (Fsp3) is 0.375. The van der Waals surface area contributed by atoms with Crippen molar-refractivity contribution in [2.24, 2.45) is 0 Å². The van der Waals surface area contributed by atoms with Crippen molar-refractivity contribution in [3.05, 3.63) is 119 Å². The van der Waals surface area contributed by atoms with Crippen molar-refractivity contribution in [3.63, 3.8) is 0 Å². The molecule has 4 fully saturated rings. The van der Waals surface area contributed by atoms with Crippen LogP contribution in [0.15, 0.2) is 94.4 Å². The number of methoxy groups -OCH3 is 2. The van der Waals surface area contributed by atoms with E-state index in [-0.39, 0.29) is 108 Å². The Hall–Kier alpha value is -7.12. The van der Waals surface area contributed by atoms with Gasteiger partial charge in [0.1, 0.15) is 60.0 Å². The topological polar surface area (TPSA) is 230 Å².